The summed E-state index contributed by atoms with van der Waals surface area (Å²) in [6.07, 6.45) is -5.40. The smallest absolute Gasteiger partial charge is 0.389 e. The molecule has 0 amide bonds. The standard InChI is InChI=1S/C11H12F3NO2/c12-11(13,14)6-1-7-17-10(16)8-2-4-9(15)5-3-8/h2-5H,1,6-7,15H2. The summed E-state index contributed by atoms with van der Waals surface area (Å²) in [6, 6.07) is 5.96. The molecule has 6 heteroatoms. The summed E-state index contributed by atoms with van der Waals surface area (Å²) < 4.78 is 40.1. The number of hydrogen-bond acceptors (Lipinski definition) is 3. The van der Waals surface area contributed by atoms with Crippen molar-refractivity contribution in [3.8, 4) is 0 Å². The number of halogens is 3. The molecule has 1 aromatic carbocycles. The summed E-state index contributed by atoms with van der Waals surface area (Å²) in [5.74, 6) is -0.646. The SMILES string of the molecule is Nc1ccc(C(=O)OCCCC(F)(F)F)cc1. The largest absolute Gasteiger partial charge is 0.462 e. The first-order valence-electron chi connectivity index (χ1n) is 4.98. The molecule has 17 heavy (non-hydrogen) atoms. The number of anilines is 1. The molecule has 0 spiro atoms. The first-order chi connectivity index (χ1) is 7.88. The summed E-state index contributed by atoms with van der Waals surface area (Å²) in [6.45, 7) is -0.247. The normalized spacial score (nSPS) is 11.2. The van der Waals surface area contributed by atoms with E-state index < -0.39 is 18.6 Å². The van der Waals surface area contributed by atoms with Gasteiger partial charge in [0.2, 0.25) is 0 Å². The molecule has 0 aliphatic heterocycles. The Morgan fingerprint density at radius 3 is 2.35 bits per heavy atom. The van der Waals surface area contributed by atoms with E-state index >= 15 is 0 Å². The predicted molar refractivity (Wildman–Crippen MR) is 56.4 cm³/mol. The van der Waals surface area contributed by atoms with Crippen LogP contribution in [0, 0.1) is 0 Å². The molecule has 0 atom stereocenters. The molecular formula is C11H12F3NO2. The first kappa shape index (κ1) is 13.3. The molecule has 0 radical (unpaired) electrons. The van der Waals surface area contributed by atoms with E-state index in [1.807, 2.05) is 0 Å². The van der Waals surface area contributed by atoms with Gasteiger partial charge in [0.05, 0.1) is 12.2 Å². The second-order valence-corrected chi connectivity index (χ2v) is 3.48. The Morgan fingerprint density at radius 1 is 1.24 bits per heavy atom. The van der Waals surface area contributed by atoms with Gasteiger partial charge < -0.3 is 10.5 Å². The fourth-order valence-corrected chi connectivity index (χ4v) is 1.14. The van der Waals surface area contributed by atoms with E-state index in [1.165, 1.54) is 24.3 Å². The van der Waals surface area contributed by atoms with E-state index in [0.29, 0.717) is 5.69 Å². The molecule has 1 aromatic rings. The second kappa shape index (κ2) is 5.56. The van der Waals surface area contributed by atoms with Crippen molar-refractivity contribution >= 4 is 11.7 Å². The van der Waals surface area contributed by atoms with Gasteiger partial charge in [-0.25, -0.2) is 4.79 Å². The number of benzene rings is 1. The quantitative estimate of drug-likeness (QED) is 0.505. The second-order valence-electron chi connectivity index (χ2n) is 3.48. The van der Waals surface area contributed by atoms with Crippen molar-refractivity contribution in [1.29, 1.82) is 0 Å². The van der Waals surface area contributed by atoms with Crippen LogP contribution in [-0.2, 0) is 4.74 Å². The number of hydrogen-bond donors (Lipinski definition) is 1. The van der Waals surface area contributed by atoms with E-state index in [9.17, 15) is 18.0 Å². The molecule has 2 N–H and O–H groups in total. The van der Waals surface area contributed by atoms with Crippen LogP contribution in [0.15, 0.2) is 24.3 Å². The molecule has 0 saturated carbocycles. The van der Waals surface area contributed by atoms with Crippen molar-refractivity contribution in [1.82, 2.24) is 0 Å². The average molecular weight is 247 g/mol. The van der Waals surface area contributed by atoms with E-state index in [4.69, 9.17) is 5.73 Å². The monoisotopic (exact) mass is 247 g/mol. The molecule has 1 rings (SSSR count). The average Bonchev–Trinajstić information content (AvgIpc) is 2.24. The number of alkyl halides is 3. The molecule has 0 fully saturated rings. The maximum Gasteiger partial charge on any atom is 0.389 e. The van der Waals surface area contributed by atoms with Crippen LogP contribution in [-0.4, -0.2) is 18.8 Å². The van der Waals surface area contributed by atoms with Crippen LogP contribution in [0.5, 0.6) is 0 Å². The van der Waals surface area contributed by atoms with Crippen LogP contribution in [0.3, 0.4) is 0 Å². The maximum absolute atomic E-state index is 11.8. The fraction of sp³-hybridized carbons (Fsp3) is 0.364. The third kappa shape index (κ3) is 5.24. The van der Waals surface area contributed by atoms with Gasteiger partial charge in [-0.3, -0.25) is 0 Å². The number of carbonyl (C=O) groups is 1. The summed E-state index contributed by atoms with van der Waals surface area (Å²) in [7, 11) is 0. The van der Waals surface area contributed by atoms with Crippen LogP contribution in [0.25, 0.3) is 0 Å². The van der Waals surface area contributed by atoms with Gasteiger partial charge in [-0.05, 0) is 30.7 Å². The zero-order valence-corrected chi connectivity index (χ0v) is 8.96. The van der Waals surface area contributed by atoms with Crippen molar-refractivity contribution in [3.05, 3.63) is 29.8 Å². The van der Waals surface area contributed by atoms with Crippen LogP contribution in [0.1, 0.15) is 23.2 Å². The highest BCUT2D eigenvalue weighted by atomic mass is 19.4. The number of carbonyl (C=O) groups excluding carboxylic acids is 1. The minimum absolute atomic E-state index is 0.232. The molecule has 0 saturated heterocycles. The third-order valence-corrected chi connectivity index (χ3v) is 1.98. The molecule has 0 unspecified atom stereocenters. The van der Waals surface area contributed by atoms with E-state index in [0.717, 1.165) is 0 Å². The van der Waals surface area contributed by atoms with Gasteiger partial charge in [-0.15, -0.1) is 0 Å². The van der Waals surface area contributed by atoms with E-state index in [-0.39, 0.29) is 18.6 Å². The van der Waals surface area contributed by atoms with Gasteiger partial charge in [0.15, 0.2) is 0 Å². The minimum atomic E-state index is -4.21. The number of nitrogens with two attached hydrogens (primary N) is 1. The first-order valence-corrected chi connectivity index (χ1v) is 4.98. The fourth-order valence-electron chi connectivity index (χ4n) is 1.14. The van der Waals surface area contributed by atoms with Crippen LogP contribution in [0.4, 0.5) is 18.9 Å². The number of nitrogen functional groups attached to an aromatic ring is 1. The Kier molecular flexibility index (Phi) is 4.37. The molecule has 94 valence electrons. The molecule has 0 aliphatic rings. The zero-order valence-electron chi connectivity index (χ0n) is 8.96. The van der Waals surface area contributed by atoms with Gasteiger partial charge >= 0.3 is 12.1 Å². The van der Waals surface area contributed by atoms with E-state index in [2.05, 4.69) is 4.74 Å². The molecule has 3 nitrogen and oxygen atoms in total. The minimum Gasteiger partial charge on any atom is -0.462 e. The molecule has 0 heterocycles. The lowest BCUT2D eigenvalue weighted by Crippen LogP contribution is -2.11. The maximum atomic E-state index is 11.8. The number of ether oxygens (including phenoxy) is 1. The highest BCUT2D eigenvalue weighted by Crippen LogP contribution is 2.21. The van der Waals surface area contributed by atoms with Gasteiger partial charge in [0, 0.05) is 12.1 Å². The van der Waals surface area contributed by atoms with Crippen molar-refractivity contribution in [2.45, 2.75) is 19.0 Å². The van der Waals surface area contributed by atoms with Gasteiger partial charge in [-0.1, -0.05) is 0 Å². The molecule has 0 aromatic heterocycles. The van der Waals surface area contributed by atoms with Gasteiger partial charge in [0.1, 0.15) is 0 Å². The number of esters is 1. The third-order valence-electron chi connectivity index (χ3n) is 1.98. The van der Waals surface area contributed by atoms with Crippen molar-refractivity contribution in [3.63, 3.8) is 0 Å². The predicted octanol–water partition coefficient (Wildman–Crippen LogP) is 2.77. The Labute approximate surface area is 96.4 Å². The lowest BCUT2D eigenvalue weighted by Gasteiger charge is -2.07. The topological polar surface area (TPSA) is 52.3 Å². The van der Waals surface area contributed by atoms with Crippen LogP contribution >= 0.6 is 0 Å². The Bertz CT molecular complexity index is 373. The summed E-state index contributed by atoms with van der Waals surface area (Å²) in [5.41, 5.74) is 6.19. The summed E-state index contributed by atoms with van der Waals surface area (Å²) in [4.78, 5) is 11.3. The Balaban J connectivity index is 2.33. The van der Waals surface area contributed by atoms with Crippen molar-refractivity contribution < 1.29 is 22.7 Å². The lowest BCUT2D eigenvalue weighted by molar-refractivity contribution is -0.137. The summed E-state index contributed by atoms with van der Waals surface area (Å²) >= 11 is 0. The van der Waals surface area contributed by atoms with Crippen LogP contribution in [0.2, 0.25) is 0 Å². The molecule has 0 aliphatic carbocycles. The lowest BCUT2D eigenvalue weighted by atomic mass is 10.2. The van der Waals surface area contributed by atoms with Gasteiger partial charge in [0.25, 0.3) is 0 Å². The molecular weight excluding hydrogens is 235 g/mol. The molecule has 0 bridgehead atoms. The zero-order chi connectivity index (χ0) is 12.9. The summed E-state index contributed by atoms with van der Waals surface area (Å²) in [5, 5.41) is 0. The highest BCUT2D eigenvalue weighted by Gasteiger charge is 2.26. The highest BCUT2D eigenvalue weighted by molar-refractivity contribution is 5.89. The Hall–Kier alpha value is -1.72. The van der Waals surface area contributed by atoms with E-state index in [1.54, 1.807) is 0 Å². The van der Waals surface area contributed by atoms with Crippen molar-refractivity contribution in [2.75, 3.05) is 12.3 Å². The number of rotatable bonds is 4. The van der Waals surface area contributed by atoms with Crippen molar-refractivity contribution in [2.24, 2.45) is 0 Å². The Morgan fingerprint density at radius 2 is 1.82 bits per heavy atom. The van der Waals surface area contributed by atoms with Gasteiger partial charge in [-0.2, -0.15) is 13.2 Å². The van der Waals surface area contributed by atoms with Crippen LogP contribution < -0.4 is 5.73 Å².